The number of nitriles is 2. The zero-order valence-electron chi connectivity index (χ0n) is 20.7. The molecule has 0 aromatic carbocycles. The van der Waals surface area contributed by atoms with Gasteiger partial charge in [-0.05, 0) is 52.0 Å². The molecule has 0 spiro atoms. The highest BCUT2D eigenvalue weighted by atomic mass is 16.5. The predicted octanol–water partition coefficient (Wildman–Crippen LogP) is 4.00. The Morgan fingerprint density at radius 3 is 2.72 bits per heavy atom. The molecular weight excluding hydrogens is 454 g/mol. The lowest BCUT2D eigenvalue weighted by molar-refractivity contribution is 0.0529. The lowest BCUT2D eigenvalue weighted by Crippen LogP contribution is -2.41. The van der Waals surface area contributed by atoms with Crippen molar-refractivity contribution in [2.75, 3.05) is 29.9 Å². The molecule has 36 heavy (non-hydrogen) atoms. The smallest absolute Gasteiger partial charge is 0.255 e. The van der Waals surface area contributed by atoms with Crippen LogP contribution in [0.15, 0.2) is 42.9 Å². The quantitative estimate of drug-likeness (QED) is 0.579. The number of amides is 1. The van der Waals surface area contributed by atoms with Crippen molar-refractivity contribution < 1.29 is 9.53 Å². The lowest BCUT2D eigenvalue weighted by Gasteiger charge is -2.32. The third kappa shape index (κ3) is 5.17. The van der Waals surface area contributed by atoms with Crippen LogP contribution in [-0.2, 0) is 10.2 Å². The lowest BCUT2D eigenvalue weighted by atomic mass is 9.90. The highest BCUT2D eigenvalue weighted by molar-refractivity contribution is 6.04. The molecule has 3 aromatic rings. The highest BCUT2D eigenvalue weighted by Gasteiger charge is 2.23. The molecule has 1 atom stereocenters. The normalized spacial score (nSPS) is 15.6. The summed E-state index contributed by atoms with van der Waals surface area (Å²) in [5, 5.41) is 22.1. The first-order valence-corrected chi connectivity index (χ1v) is 11.6. The molecule has 1 N–H and O–H groups in total. The summed E-state index contributed by atoms with van der Waals surface area (Å²) in [6.45, 7) is 9.31. The van der Waals surface area contributed by atoms with E-state index in [1.165, 1.54) is 6.20 Å². The number of morpholine rings is 1. The number of pyridine rings is 3. The minimum atomic E-state index is -0.814. The van der Waals surface area contributed by atoms with Crippen LogP contribution in [0, 0.1) is 29.6 Å². The Morgan fingerprint density at radius 2 is 2.00 bits per heavy atom. The molecule has 9 heteroatoms. The summed E-state index contributed by atoms with van der Waals surface area (Å²) in [6, 6.07) is 11.3. The van der Waals surface area contributed by atoms with Crippen LogP contribution in [-0.4, -0.2) is 46.7 Å². The van der Waals surface area contributed by atoms with Crippen molar-refractivity contribution in [3.8, 4) is 23.3 Å². The molecule has 4 heterocycles. The number of ether oxygens (including phenoxy) is 1. The molecule has 0 unspecified atom stereocenters. The van der Waals surface area contributed by atoms with Gasteiger partial charge in [0.1, 0.15) is 11.9 Å². The van der Waals surface area contributed by atoms with E-state index in [1.54, 1.807) is 44.4 Å². The first-order valence-electron chi connectivity index (χ1n) is 11.6. The zero-order valence-corrected chi connectivity index (χ0v) is 20.7. The van der Waals surface area contributed by atoms with E-state index < -0.39 is 5.41 Å². The maximum Gasteiger partial charge on any atom is 0.255 e. The molecule has 182 valence electrons. The third-order valence-corrected chi connectivity index (χ3v) is 6.13. The third-order valence-electron chi connectivity index (χ3n) is 6.13. The Kier molecular flexibility index (Phi) is 6.96. The van der Waals surface area contributed by atoms with Gasteiger partial charge < -0.3 is 15.0 Å². The van der Waals surface area contributed by atoms with E-state index in [2.05, 4.69) is 37.3 Å². The molecule has 0 aliphatic carbocycles. The average Bonchev–Trinajstić information content (AvgIpc) is 2.89. The van der Waals surface area contributed by atoms with Gasteiger partial charge in [0, 0.05) is 47.9 Å². The number of carbonyl (C=O) groups excluding carboxylic acids is 1. The van der Waals surface area contributed by atoms with Crippen LogP contribution in [0.25, 0.3) is 11.1 Å². The van der Waals surface area contributed by atoms with Crippen molar-refractivity contribution in [3.63, 3.8) is 0 Å². The second-order valence-electron chi connectivity index (χ2n) is 9.31. The van der Waals surface area contributed by atoms with Crippen molar-refractivity contribution in [2.45, 2.75) is 39.2 Å². The van der Waals surface area contributed by atoms with Crippen LogP contribution in [0.1, 0.15) is 48.1 Å². The minimum absolute atomic E-state index is 0.0703. The molecule has 1 saturated heterocycles. The Morgan fingerprint density at radius 1 is 1.19 bits per heavy atom. The molecule has 3 aromatic heterocycles. The van der Waals surface area contributed by atoms with Gasteiger partial charge in [0.2, 0.25) is 0 Å². The first-order chi connectivity index (χ1) is 17.2. The van der Waals surface area contributed by atoms with Gasteiger partial charge >= 0.3 is 0 Å². The molecule has 0 saturated carbocycles. The van der Waals surface area contributed by atoms with Crippen LogP contribution in [0.5, 0.6) is 0 Å². The molecule has 1 aliphatic rings. The number of aryl methyl sites for hydroxylation is 1. The van der Waals surface area contributed by atoms with Crippen LogP contribution >= 0.6 is 0 Å². The minimum Gasteiger partial charge on any atom is -0.375 e. The van der Waals surface area contributed by atoms with E-state index in [9.17, 15) is 15.3 Å². The molecule has 4 rings (SSSR count). The van der Waals surface area contributed by atoms with Crippen molar-refractivity contribution in [2.24, 2.45) is 0 Å². The van der Waals surface area contributed by atoms with Gasteiger partial charge in [-0.15, -0.1) is 0 Å². The number of nitrogens with one attached hydrogen (secondary N) is 1. The van der Waals surface area contributed by atoms with E-state index in [1.807, 2.05) is 19.9 Å². The van der Waals surface area contributed by atoms with E-state index in [-0.39, 0.29) is 12.0 Å². The molecule has 0 bridgehead atoms. The molecule has 9 nitrogen and oxygen atoms in total. The van der Waals surface area contributed by atoms with E-state index in [0.29, 0.717) is 48.0 Å². The van der Waals surface area contributed by atoms with E-state index in [0.717, 1.165) is 16.8 Å². The number of carbonyl (C=O) groups is 1. The fourth-order valence-electron chi connectivity index (χ4n) is 4.02. The van der Waals surface area contributed by atoms with Crippen LogP contribution in [0.2, 0.25) is 0 Å². The summed E-state index contributed by atoms with van der Waals surface area (Å²) < 4.78 is 5.60. The van der Waals surface area contributed by atoms with E-state index >= 15 is 0 Å². The zero-order chi connectivity index (χ0) is 25.9. The molecule has 1 amide bonds. The maximum absolute atomic E-state index is 12.9. The average molecular weight is 482 g/mol. The predicted molar refractivity (Wildman–Crippen MR) is 135 cm³/mol. The number of rotatable bonds is 5. The molecule has 1 aliphatic heterocycles. The summed E-state index contributed by atoms with van der Waals surface area (Å²) in [7, 11) is 0. The monoisotopic (exact) mass is 481 g/mol. The molecular formula is C27H27N7O2. The topological polar surface area (TPSA) is 128 Å². The van der Waals surface area contributed by atoms with Crippen molar-refractivity contribution in [3.05, 3.63) is 65.4 Å². The van der Waals surface area contributed by atoms with Gasteiger partial charge in [0.05, 0.1) is 47.3 Å². The fraction of sp³-hybridized carbons (Fsp3) is 0.333. The van der Waals surface area contributed by atoms with Crippen molar-refractivity contribution in [1.82, 2.24) is 15.0 Å². The summed E-state index contributed by atoms with van der Waals surface area (Å²) >= 11 is 0. The number of nitrogens with zero attached hydrogens (tertiary/aromatic N) is 6. The van der Waals surface area contributed by atoms with Gasteiger partial charge in [0.25, 0.3) is 5.91 Å². The number of hydrogen-bond acceptors (Lipinski definition) is 8. The second kappa shape index (κ2) is 10.1. The summed E-state index contributed by atoms with van der Waals surface area (Å²) in [4.78, 5) is 28.3. The molecule has 1 fully saturated rings. The number of anilines is 2. The largest absolute Gasteiger partial charge is 0.375 e. The first kappa shape index (κ1) is 24.8. The second-order valence-corrected chi connectivity index (χ2v) is 9.31. The Labute approximate surface area is 210 Å². The Balaban J connectivity index is 1.60. The number of hydrogen-bond donors (Lipinski definition) is 1. The highest BCUT2D eigenvalue weighted by Crippen LogP contribution is 2.29. The van der Waals surface area contributed by atoms with E-state index in [4.69, 9.17) is 4.74 Å². The maximum atomic E-state index is 12.9. The Bertz CT molecular complexity index is 1390. The standard InChI is InChI=1S/C27H27N7O2/c1-17-15-34(7-8-36-17)25-20(12-28)9-21(13-32-25)23-11-22(14-31-18(23)2)33-26(35)19-5-6-30-24(10-19)27(3,4)16-29/h5-6,9-11,13-14,17H,7-8,15H2,1-4H3,(H,33,35)/t17-/m0/s1. The van der Waals surface area contributed by atoms with Gasteiger partial charge in [0.15, 0.2) is 0 Å². The van der Waals surface area contributed by atoms with Crippen molar-refractivity contribution >= 4 is 17.4 Å². The van der Waals surface area contributed by atoms with Crippen LogP contribution in [0.3, 0.4) is 0 Å². The van der Waals surface area contributed by atoms with Gasteiger partial charge in [-0.3, -0.25) is 14.8 Å². The summed E-state index contributed by atoms with van der Waals surface area (Å²) in [5.74, 6) is 0.303. The van der Waals surface area contributed by atoms with Crippen molar-refractivity contribution in [1.29, 1.82) is 10.5 Å². The fourth-order valence-corrected chi connectivity index (χ4v) is 4.02. The number of aromatic nitrogens is 3. The SMILES string of the molecule is Cc1ncc(NC(=O)c2ccnc(C(C)(C)C#N)c2)cc1-c1cnc(N2CCO[C@@H](C)C2)c(C#N)c1. The van der Waals surface area contributed by atoms with Crippen LogP contribution < -0.4 is 10.2 Å². The summed E-state index contributed by atoms with van der Waals surface area (Å²) in [6.07, 6.45) is 4.90. The van der Waals surface area contributed by atoms with Crippen LogP contribution in [0.4, 0.5) is 11.5 Å². The van der Waals surface area contributed by atoms with Gasteiger partial charge in [-0.2, -0.15) is 10.5 Å². The Hall–Kier alpha value is -4.34. The van der Waals surface area contributed by atoms with Gasteiger partial charge in [-0.1, -0.05) is 0 Å². The summed E-state index contributed by atoms with van der Waals surface area (Å²) in [5.41, 5.74) is 3.31. The molecule has 0 radical (unpaired) electrons. The van der Waals surface area contributed by atoms with Gasteiger partial charge in [-0.25, -0.2) is 4.98 Å².